The maximum atomic E-state index is 10.9. The number of aliphatic hydroxyl groups is 2. The monoisotopic (exact) mass is 478 g/mol. The third kappa shape index (κ3) is 9.15. The van der Waals surface area contributed by atoms with Crippen LogP contribution in [0.5, 0.6) is 0 Å². The number of aliphatic hydroxyl groups excluding tert-OH is 2. The number of nitrogens with one attached hydrogen (secondary N) is 3. The van der Waals surface area contributed by atoms with Gasteiger partial charge in [-0.05, 0) is 24.6 Å². The summed E-state index contributed by atoms with van der Waals surface area (Å²) in [5.41, 5.74) is 1.39. The molecule has 0 bridgehead atoms. The van der Waals surface area contributed by atoms with Crippen molar-refractivity contribution in [3.8, 4) is 0 Å². The van der Waals surface area contributed by atoms with Crippen molar-refractivity contribution in [2.24, 2.45) is 0 Å². The predicted molar refractivity (Wildman–Crippen MR) is 111 cm³/mol. The highest BCUT2D eigenvalue weighted by Gasteiger charge is 2.11. The molecule has 0 aliphatic rings. The second-order valence-corrected chi connectivity index (χ2v) is 8.38. The van der Waals surface area contributed by atoms with Crippen molar-refractivity contribution in [3.05, 3.63) is 23.8 Å². The Hall–Kier alpha value is -2.31. The fraction of sp³-hybridized carbons (Fsp3) is 0.400. The van der Waals surface area contributed by atoms with Gasteiger partial charge in [0.2, 0.25) is 17.8 Å². The maximum absolute atomic E-state index is 10.9. The topological polar surface area (TPSA) is 208 Å². The summed E-state index contributed by atoms with van der Waals surface area (Å²) < 4.78 is 35.1. The maximum Gasteiger partial charge on any atom is 0.266 e. The van der Waals surface area contributed by atoms with Crippen LogP contribution in [-0.4, -0.2) is 74.9 Å². The lowest BCUT2D eigenvalue weighted by Gasteiger charge is -2.13. The first-order chi connectivity index (χ1) is 14.7. The minimum atomic E-state index is -4.17. The molecule has 0 aliphatic carbocycles. The van der Waals surface area contributed by atoms with Crippen LogP contribution in [0.4, 0.5) is 23.5 Å². The first-order valence-corrected chi connectivity index (χ1v) is 11.1. The van der Waals surface area contributed by atoms with E-state index in [1.807, 2.05) is 6.92 Å². The number of rotatable bonds is 13. The molecule has 14 nitrogen and oxygen atoms in total. The van der Waals surface area contributed by atoms with Crippen LogP contribution in [0.2, 0.25) is 0 Å². The van der Waals surface area contributed by atoms with E-state index in [1.165, 1.54) is 0 Å². The first kappa shape index (κ1) is 25.0. The largest absolute Gasteiger partial charge is 0.394 e. The number of hydrogen-bond donors (Lipinski definition) is 7. The van der Waals surface area contributed by atoms with Crippen LogP contribution in [0.25, 0.3) is 0 Å². The van der Waals surface area contributed by atoms with Crippen molar-refractivity contribution >= 4 is 45.7 Å². The summed E-state index contributed by atoms with van der Waals surface area (Å²) in [6.45, 7) is 1.15. The van der Waals surface area contributed by atoms with Crippen LogP contribution < -0.4 is 16.0 Å². The third-order valence-corrected chi connectivity index (χ3v) is 5.05. The second-order valence-electron chi connectivity index (χ2n) is 6.07. The van der Waals surface area contributed by atoms with Gasteiger partial charge in [0.25, 0.3) is 10.1 Å². The molecule has 0 spiro atoms. The van der Waals surface area contributed by atoms with E-state index in [2.05, 4.69) is 40.3 Å². The zero-order valence-corrected chi connectivity index (χ0v) is 17.9. The minimum Gasteiger partial charge on any atom is -0.394 e. The van der Waals surface area contributed by atoms with Gasteiger partial charge in [-0.3, -0.25) is 4.55 Å². The third-order valence-electron chi connectivity index (χ3n) is 3.58. The van der Waals surface area contributed by atoms with Crippen LogP contribution in [0, 0.1) is 6.92 Å². The van der Waals surface area contributed by atoms with E-state index < -0.39 is 28.6 Å². The molecular weight excluding hydrogens is 456 g/mol. The molecule has 0 saturated carbocycles. The highest BCUT2D eigenvalue weighted by atomic mass is 32.2. The fourth-order valence-corrected chi connectivity index (χ4v) is 2.94. The van der Waals surface area contributed by atoms with Crippen LogP contribution in [0.1, 0.15) is 5.56 Å². The molecule has 0 saturated heterocycles. The number of benzene rings is 1. The Balaban J connectivity index is 2.22. The molecule has 1 heterocycles. The van der Waals surface area contributed by atoms with Gasteiger partial charge in [0.15, 0.2) is 0 Å². The summed E-state index contributed by atoms with van der Waals surface area (Å²) in [6, 6.07) is 5.18. The van der Waals surface area contributed by atoms with Gasteiger partial charge in [-0.1, -0.05) is 11.1 Å². The Morgan fingerprint density at radius 1 is 1.16 bits per heavy atom. The molecule has 1 atom stereocenters. The summed E-state index contributed by atoms with van der Waals surface area (Å²) >= 11 is 0.783. The lowest BCUT2D eigenvalue weighted by Crippen LogP contribution is -2.24. The molecule has 172 valence electrons. The molecule has 0 radical (unpaired) electrons. The van der Waals surface area contributed by atoms with Crippen LogP contribution >= 0.6 is 12.0 Å². The highest BCUT2D eigenvalue weighted by Crippen LogP contribution is 2.27. The molecule has 1 aromatic heterocycles. The van der Waals surface area contributed by atoms with Crippen molar-refractivity contribution in [1.82, 2.24) is 15.0 Å². The van der Waals surface area contributed by atoms with E-state index in [1.54, 1.807) is 18.2 Å². The zero-order chi connectivity index (χ0) is 22.9. The van der Waals surface area contributed by atoms with Crippen LogP contribution in [0.15, 0.2) is 23.1 Å². The van der Waals surface area contributed by atoms with Crippen molar-refractivity contribution in [1.29, 1.82) is 0 Å². The Kier molecular flexibility index (Phi) is 9.59. The molecule has 16 heteroatoms. The summed E-state index contributed by atoms with van der Waals surface area (Å²) in [4.78, 5) is 13.0. The van der Waals surface area contributed by atoms with Crippen molar-refractivity contribution < 1.29 is 37.8 Å². The Morgan fingerprint density at radius 2 is 1.84 bits per heavy atom. The van der Waals surface area contributed by atoms with Gasteiger partial charge < -0.3 is 26.2 Å². The molecule has 1 aromatic carbocycles. The average Bonchev–Trinajstić information content (AvgIpc) is 2.71. The minimum absolute atomic E-state index is 0.000798. The second kappa shape index (κ2) is 11.9. The van der Waals surface area contributed by atoms with Crippen LogP contribution in [-0.2, 0) is 19.5 Å². The standard InChI is InChI=1S/C15H22N6O8S2/c1-9-2-3-10(6-12(9)30-29-28-24)18-15-20-13(16-4-5-31(25,26)27)19-14(21-15)17-7-11(23)8-22/h2-3,6,11,22-24H,4-5,7-8H2,1H3,(H,25,26,27)(H3,16,17,18,19,20,21). The first-order valence-electron chi connectivity index (χ1n) is 8.70. The van der Waals surface area contributed by atoms with Gasteiger partial charge >= 0.3 is 0 Å². The smallest absolute Gasteiger partial charge is 0.266 e. The summed E-state index contributed by atoms with van der Waals surface area (Å²) in [6.07, 6.45) is -1.05. The molecule has 7 N–H and O–H groups in total. The number of anilines is 4. The van der Waals surface area contributed by atoms with Crippen LogP contribution in [0.3, 0.4) is 0 Å². The van der Waals surface area contributed by atoms with Crippen molar-refractivity contribution in [2.75, 3.05) is 41.4 Å². The van der Waals surface area contributed by atoms with Gasteiger partial charge in [-0.2, -0.15) is 23.4 Å². The number of aryl methyl sites for hydroxylation is 1. The molecule has 2 rings (SSSR count). The normalized spacial score (nSPS) is 12.4. The molecule has 31 heavy (non-hydrogen) atoms. The summed E-state index contributed by atoms with van der Waals surface area (Å²) in [7, 11) is -4.17. The molecule has 1 unspecified atom stereocenters. The van der Waals surface area contributed by atoms with E-state index in [9.17, 15) is 13.5 Å². The SMILES string of the molecule is Cc1ccc(Nc2nc(NCCS(=O)(=O)O)nc(NCC(O)CO)n2)cc1SOOO. The molecule has 2 aromatic rings. The van der Waals surface area contributed by atoms with Gasteiger partial charge in [-0.15, -0.1) is 4.33 Å². The van der Waals surface area contributed by atoms with E-state index >= 15 is 0 Å². The predicted octanol–water partition coefficient (Wildman–Crippen LogP) is 0.417. The van der Waals surface area contributed by atoms with Gasteiger partial charge in [0.1, 0.15) is 0 Å². The fourth-order valence-electron chi connectivity index (χ4n) is 2.10. The lowest BCUT2D eigenvalue weighted by atomic mass is 10.2. The van der Waals surface area contributed by atoms with E-state index in [4.69, 9.17) is 14.9 Å². The molecule has 0 fully saturated rings. The molecule has 0 aliphatic heterocycles. The van der Waals surface area contributed by atoms with Gasteiger partial charge in [0.05, 0.1) is 30.5 Å². The number of hydrogen-bond acceptors (Lipinski definition) is 14. The number of aromatic nitrogens is 3. The van der Waals surface area contributed by atoms with E-state index in [0.29, 0.717) is 10.6 Å². The molecule has 0 amide bonds. The Labute approximate surface area is 181 Å². The molecular formula is C15H22N6O8S2. The van der Waals surface area contributed by atoms with Gasteiger partial charge in [-0.25, -0.2) is 5.26 Å². The zero-order valence-electron chi connectivity index (χ0n) is 16.2. The summed E-state index contributed by atoms with van der Waals surface area (Å²) in [5, 5.41) is 38.7. The Bertz CT molecular complexity index is 965. The quantitative estimate of drug-likeness (QED) is 0.0900. The lowest BCUT2D eigenvalue weighted by molar-refractivity contribution is -0.432. The van der Waals surface area contributed by atoms with Gasteiger partial charge in [0, 0.05) is 23.7 Å². The highest BCUT2D eigenvalue weighted by molar-refractivity contribution is 7.94. The number of nitrogens with zero attached hydrogens (tertiary/aromatic N) is 3. The summed E-state index contributed by atoms with van der Waals surface area (Å²) in [5.74, 6) is -0.442. The average molecular weight is 479 g/mol. The van der Waals surface area contributed by atoms with E-state index in [-0.39, 0.29) is 30.9 Å². The van der Waals surface area contributed by atoms with E-state index in [0.717, 1.165) is 17.6 Å². The van der Waals surface area contributed by atoms with Crippen molar-refractivity contribution in [2.45, 2.75) is 17.9 Å². The van der Waals surface area contributed by atoms with Crippen molar-refractivity contribution in [3.63, 3.8) is 0 Å². The Morgan fingerprint density at radius 3 is 2.48 bits per heavy atom.